The van der Waals surface area contributed by atoms with Crippen LogP contribution < -0.4 is 5.73 Å². The van der Waals surface area contributed by atoms with Gasteiger partial charge in [0.25, 0.3) is 0 Å². The van der Waals surface area contributed by atoms with Crippen LogP contribution in [0.25, 0.3) is 0 Å². The van der Waals surface area contributed by atoms with Gasteiger partial charge in [0, 0.05) is 25.5 Å². The van der Waals surface area contributed by atoms with Gasteiger partial charge in [-0.2, -0.15) is 0 Å². The highest BCUT2D eigenvalue weighted by Gasteiger charge is 2.17. The summed E-state index contributed by atoms with van der Waals surface area (Å²) < 4.78 is 0. The Morgan fingerprint density at radius 2 is 2.53 bits per heavy atom. The molecular weight excluding hydrogens is 212 g/mol. The number of aromatic nitrogens is 1. The maximum Gasteiger partial charge on any atom is 0.191 e. The van der Waals surface area contributed by atoms with Crippen molar-refractivity contribution in [3.05, 3.63) is 30.1 Å². The number of rotatable bonds is 2. The molecule has 1 aromatic heterocycles. The molecule has 2 N–H and O–H groups in total. The summed E-state index contributed by atoms with van der Waals surface area (Å²) >= 11 is 0. The summed E-state index contributed by atoms with van der Waals surface area (Å²) in [6, 6.07) is 3.94. The highest BCUT2D eigenvalue weighted by atomic mass is 15.3. The van der Waals surface area contributed by atoms with Crippen LogP contribution in [0, 0.1) is 5.92 Å². The van der Waals surface area contributed by atoms with Crippen LogP contribution in [0.2, 0.25) is 0 Å². The van der Waals surface area contributed by atoms with E-state index in [9.17, 15) is 0 Å². The zero-order valence-corrected chi connectivity index (χ0v) is 10.3. The lowest BCUT2D eigenvalue weighted by molar-refractivity contribution is 0.270. The van der Waals surface area contributed by atoms with Crippen molar-refractivity contribution in [3.8, 4) is 0 Å². The minimum atomic E-state index is 0.616. The zero-order chi connectivity index (χ0) is 12.1. The van der Waals surface area contributed by atoms with Crippen LogP contribution >= 0.6 is 0 Å². The Bertz CT molecular complexity index is 374. The van der Waals surface area contributed by atoms with E-state index in [1.807, 2.05) is 18.3 Å². The first-order valence-electron chi connectivity index (χ1n) is 6.19. The van der Waals surface area contributed by atoms with Crippen molar-refractivity contribution in [1.82, 2.24) is 9.88 Å². The molecule has 1 aliphatic heterocycles. The van der Waals surface area contributed by atoms with Crippen LogP contribution in [-0.2, 0) is 6.54 Å². The van der Waals surface area contributed by atoms with E-state index in [-0.39, 0.29) is 0 Å². The maximum absolute atomic E-state index is 6.01. The van der Waals surface area contributed by atoms with Gasteiger partial charge in [0.15, 0.2) is 5.96 Å². The zero-order valence-electron chi connectivity index (χ0n) is 10.3. The van der Waals surface area contributed by atoms with Crippen molar-refractivity contribution < 1.29 is 0 Å². The van der Waals surface area contributed by atoms with Gasteiger partial charge in [-0.3, -0.25) is 4.98 Å². The Hall–Kier alpha value is -1.58. The molecule has 1 atom stereocenters. The third-order valence-electron chi connectivity index (χ3n) is 3.13. The summed E-state index contributed by atoms with van der Waals surface area (Å²) in [6.07, 6.45) is 6.11. The molecule has 0 spiro atoms. The Balaban J connectivity index is 1.92. The van der Waals surface area contributed by atoms with Gasteiger partial charge in [-0.05, 0) is 30.4 Å². The highest BCUT2D eigenvalue weighted by Crippen LogP contribution is 2.15. The summed E-state index contributed by atoms with van der Waals surface area (Å²) in [4.78, 5) is 10.7. The van der Waals surface area contributed by atoms with Crippen LogP contribution in [0.15, 0.2) is 29.5 Å². The van der Waals surface area contributed by atoms with Crippen molar-refractivity contribution in [2.75, 3.05) is 13.1 Å². The molecule has 1 saturated heterocycles. The van der Waals surface area contributed by atoms with Crippen LogP contribution in [0.3, 0.4) is 0 Å². The largest absolute Gasteiger partial charge is 0.370 e. The van der Waals surface area contributed by atoms with Gasteiger partial charge < -0.3 is 10.6 Å². The van der Waals surface area contributed by atoms with Crippen molar-refractivity contribution in [1.29, 1.82) is 0 Å². The van der Waals surface area contributed by atoms with E-state index in [0.717, 1.165) is 24.6 Å². The number of hydrogen-bond acceptors (Lipinski definition) is 2. The molecule has 2 heterocycles. The molecule has 1 fully saturated rings. The summed E-state index contributed by atoms with van der Waals surface area (Å²) in [5, 5.41) is 0. The molecule has 0 aromatic carbocycles. The monoisotopic (exact) mass is 232 g/mol. The van der Waals surface area contributed by atoms with E-state index < -0.39 is 0 Å². The molecule has 17 heavy (non-hydrogen) atoms. The molecule has 0 amide bonds. The van der Waals surface area contributed by atoms with E-state index in [4.69, 9.17) is 5.73 Å². The number of guanidine groups is 1. The molecule has 0 saturated carbocycles. The quantitative estimate of drug-likeness (QED) is 0.623. The Kier molecular flexibility index (Phi) is 3.96. The van der Waals surface area contributed by atoms with E-state index >= 15 is 0 Å². The number of hydrogen-bond donors (Lipinski definition) is 1. The summed E-state index contributed by atoms with van der Waals surface area (Å²) in [5.74, 6) is 1.39. The average molecular weight is 232 g/mol. The molecule has 1 unspecified atom stereocenters. The number of nitrogens with two attached hydrogens (primary N) is 1. The van der Waals surface area contributed by atoms with Crippen LogP contribution in [0.5, 0.6) is 0 Å². The summed E-state index contributed by atoms with van der Waals surface area (Å²) in [6.45, 7) is 4.94. The van der Waals surface area contributed by atoms with Crippen LogP contribution in [0.4, 0.5) is 0 Å². The topological polar surface area (TPSA) is 54.5 Å². The number of pyridine rings is 1. The van der Waals surface area contributed by atoms with Gasteiger partial charge in [-0.25, -0.2) is 4.99 Å². The van der Waals surface area contributed by atoms with Gasteiger partial charge in [-0.1, -0.05) is 13.0 Å². The average Bonchev–Trinajstić information content (AvgIpc) is 2.37. The van der Waals surface area contributed by atoms with Crippen molar-refractivity contribution in [3.63, 3.8) is 0 Å². The van der Waals surface area contributed by atoms with Crippen molar-refractivity contribution >= 4 is 5.96 Å². The first-order valence-corrected chi connectivity index (χ1v) is 6.19. The van der Waals surface area contributed by atoms with Gasteiger partial charge >= 0.3 is 0 Å². The SMILES string of the molecule is CC1CCCN(C(N)=NCc2cccnc2)C1. The minimum absolute atomic E-state index is 0.616. The lowest BCUT2D eigenvalue weighted by Gasteiger charge is -2.31. The molecule has 4 nitrogen and oxygen atoms in total. The molecule has 2 rings (SSSR count). The number of nitrogens with zero attached hydrogens (tertiary/aromatic N) is 3. The molecule has 0 radical (unpaired) electrons. The number of aliphatic imine (C=N–C) groups is 1. The molecule has 92 valence electrons. The minimum Gasteiger partial charge on any atom is -0.370 e. The summed E-state index contributed by atoms with van der Waals surface area (Å²) in [7, 11) is 0. The number of likely N-dealkylation sites (tertiary alicyclic amines) is 1. The Morgan fingerprint density at radius 1 is 1.65 bits per heavy atom. The first kappa shape index (κ1) is 11.9. The normalized spacial score (nSPS) is 21.6. The fraction of sp³-hybridized carbons (Fsp3) is 0.538. The molecule has 1 aromatic rings. The van der Waals surface area contributed by atoms with Crippen LogP contribution in [-0.4, -0.2) is 28.9 Å². The van der Waals surface area contributed by atoms with Gasteiger partial charge in [0.1, 0.15) is 0 Å². The number of piperidine rings is 1. The third-order valence-corrected chi connectivity index (χ3v) is 3.13. The van der Waals surface area contributed by atoms with Crippen molar-refractivity contribution in [2.24, 2.45) is 16.6 Å². The lowest BCUT2D eigenvalue weighted by atomic mass is 10.0. The van der Waals surface area contributed by atoms with E-state index in [0.29, 0.717) is 12.5 Å². The second kappa shape index (κ2) is 5.66. The van der Waals surface area contributed by atoms with Crippen molar-refractivity contribution in [2.45, 2.75) is 26.3 Å². The molecule has 0 bridgehead atoms. The van der Waals surface area contributed by atoms with Gasteiger partial charge in [-0.15, -0.1) is 0 Å². The second-order valence-electron chi connectivity index (χ2n) is 4.73. The fourth-order valence-electron chi connectivity index (χ4n) is 2.16. The van der Waals surface area contributed by atoms with E-state index in [2.05, 4.69) is 21.8 Å². The molecule has 4 heteroatoms. The first-order chi connectivity index (χ1) is 8.25. The lowest BCUT2D eigenvalue weighted by Crippen LogP contribution is -2.43. The predicted octanol–water partition coefficient (Wildman–Crippen LogP) is 1.63. The Morgan fingerprint density at radius 3 is 3.24 bits per heavy atom. The van der Waals surface area contributed by atoms with Gasteiger partial charge in [0.2, 0.25) is 0 Å². The standard InChI is InChI=1S/C13H20N4/c1-11-4-3-7-17(10-11)13(14)16-9-12-5-2-6-15-8-12/h2,5-6,8,11H,3-4,7,9-10H2,1H3,(H2,14,16). The Labute approximate surface area is 103 Å². The highest BCUT2D eigenvalue weighted by molar-refractivity contribution is 5.78. The predicted molar refractivity (Wildman–Crippen MR) is 69.5 cm³/mol. The fourth-order valence-corrected chi connectivity index (χ4v) is 2.16. The second-order valence-corrected chi connectivity index (χ2v) is 4.73. The molecular formula is C13H20N4. The van der Waals surface area contributed by atoms with E-state index in [1.165, 1.54) is 12.8 Å². The maximum atomic E-state index is 6.01. The summed E-state index contributed by atoms with van der Waals surface area (Å²) in [5.41, 5.74) is 7.11. The van der Waals surface area contributed by atoms with Gasteiger partial charge in [0.05, 0.1) is 6.54 Å². The molecule has 1 aliphatic rings. The van der Waals surface area contributed by atoms with E-state index in [1.54, 1.807) is 6.20 Å². The third kappa shape index (κ3) is 3.44. The van der Waals surface area contributed by atoms with Crippen LogP contribution in [0.1, 0.15) is 25.3 Å². The smallest absolute Gasteiger partial charge is 0.191 e. The molecule has 0 aliphatic carbocycles.